The molecule has 0 atom stereocenters. The summed E-state index contributed by atoms with van der Waals surface area (Å²) in [5, 5.41) is 5.39. The summed E-state index contributed by atoms with van der Waals surface area (Å²) in [6, 6.07) is 6.22. The Labute approximate surface area is 89.0 Å². The van der Waals surface area contributed by atoms with Crippen LogP contribution in [0.15, 0.2) is 54.3 Å². The van der Waals surface area contributed by atoms with Crippen molar-refractivity contribution in [3.63, 3.8) is 0 Å². The molecule has 0 aliphatic heterocycles. The SMILES string of the molecule is C=CC(=C)N(Cc1ccc(F)cc1)N=C. The fourth-order valence-electron chi connectivity index (χ4n) is 1.11. The molecule has 0 heterocycles. The highest BCUT2D eigenvalue weighted by molar-refractivity contribution is 5.25. The van der Waals surface area contributed by atoms with Crippen LogP contribution in [-0.2, 0) is 6.54 Å². The molecule has 0 saturated heterocycles. The lowest BCUT2D eigenvalue weighted by molar-refractivity contribution is 0.373. The summed E-state index contributed by atoms with van der Waals surface area (Å²) in [6.45, 7) is 11.3. The van der Waals surface area contributed by atoms with Crippen molar-refractivity contribution in [3.05, 3.63) is 60.6 Å². The first-order chi connectivity index (χ1) is 7.17. The third kappa shape index (κ3) is 3.06. The van der Waals surface area contributed by atoms with Crippen molar-refractivity contribution < 1.29 is 4.39 Å². The van der Waals surface area contributed by atoms with Crippen molar-refractivity contribution in [3.8, 4) is 0 Å². The third-order valence-electron chi connectivity index (χ3n) is 1.98. The van der Waals surface area contributed by atoms with E-state index in [1.807, 2.05) is 0 Å². The van der Waals surface area contributed by atoms with E-state index in [4.69, 9.17) is 0 Å². The lowest BCUT2D eigenvalue weighted by Gasteiger charge is -2.18. The van der Waals surface area contributed by atoms with Crippen molar-refractivity contribution in [2.75, 3.05) is 0 Å². The molecule has 0 unspecified atom stereocenters. The number of rotatable bonds is 5. The van der Waals surface area contributed by atoms with Crippen LogP contribution in [0.4, 0.5) is 4.39 Å². The minimum absolute atomic E-state index is 0.251. The number of halogens is 1. The van der Waals surface area contributed by atoms with Gasteiger partial charge in [-0.3, -0.25) is 5.01 Å². The molecule has 2 nitrogen and oxygen atoms in total. The van der Waals surface area contributed by atoms with Crippen LogP contribution < -0.4 is 0 Å². The van der Waals surface area contributed by atoms with Crippen LogP contribution in [0.25, 0.3) is 0 Å². The average Bonchev–Trinajstić information content (AvgIpc) is 2.27. The van der Waals surface area contributed by atoms with Crippen LogP contribution in [0.3, 0.4) is 0 Å². The smallest absolute Gasteiger partial charge is 0.123 e. The summed E-state index contributed by atoms with van der Waals surface area (Å²) in [4.78, 5) is 0. The van der Waals surface area contributed by atoms with Gasteiger partial charge in [-0.25, -0.2) is 4.39 Å². The molecular weight excluding hydrogens is 191 g/mol. The first-order valence-corrected chi connectivity index (χ1v) is 4.47. The quantitative estimate of drug-likeness (QED) is 0.409. The maximum absolute atomic E-state index is 12.6. The fourth-order valence-corrected chi connectivity index (χ4v) is 1.11. The summed E-state index contributed by atoms with van der Waals surface area (Å²) in [6.07, 6.45) is 1.60. The standard InChI is InChI=1S/C12H13FN2/c1-4-10(2)15(14-3)9-11-5-7-12(13)8-6-11/h4-8H,1-3,9H2. The number of nitrogens with zero attached hydrogens (tertiary/aromatic N) is 2. The maximum Gasteiger partial charge on any atom is 0.123 e. The van der Waals surface area contributed by atoms with Gasteiger partial charge in [0.15, 0.2) is 0 Å². The van der Waals surface area contributed by atoms with E-state index in [2.05, 4.69) is 25.0 Å². The van der Waals surface area contributed by atoms with Gasteiger partial charge >= 0.3 is 0 Å². The monoisotopic (exact) mass is 204 g/mol. The van der Waals surface area contributed by atoms with E-state index in [1.165, 1.54) is 12.1 Å². The van der Waals surface area contributed by atoms with Crippen molar-refractivity contribution in [1.29, 1.82) is 0 Å². The molecule has 78 valence electrons. The second kappa shape index (κ2) is 5.10. The van der Waals surface area contributed by atoms with Crippen LogP contribution in [0.2, 0.25) is 0 Å². The molecule has 0 amide bonds. The van der Waals surface area contributed by atoms with Gasteiger partial charge in [-0.2, -0.15) is 5.10 Å². The van der Waals surface area contributed by atoms with Gasteiger partial charge < -0.3 is 0 Å². The second-order valence-corrected chi connectivity index (χ2v) is 3.02. The van der Waals surface area contributed by atoms with Gasteiger partial charge in [0.25, 0.3) is 0 Å². The Balaban J connectivity index is 2.75. The van der Waals surface area contributed by atoms with Crippen LogP contribution in [0.5, 0.6) is 0 Å². The van der Waals surface area contributed by atoms with E-state index >= 15 is 0 Å². The highest BCUT2D eigenvalue weighted by Gasteiger charge is 2.03. The van der Waals surface area contributed by atoms with Gasteiger partial charge in [0.2, 0.25) is 0 Å². The summed E-state index contributed by atoms with van der Waals surface area (Å²) in [5.41, 5.74) is 1.60. The van der Waals surface area contributed by atoms with Crippen molar-refractivity contribution >= 4 is 6.72 Å². The minimum atomic E-state index is -0.251. The molecule has 0 bridgehead atoms. The normalized spacial score (nSPS) is 9.40. The number of hydrogen-bond acceptors (Lipinski definition) is 2. The van der Waals surface area contributed by atoms with E-state index in [-0.39, 0.29) is 5.82 Å². The van der Waals surface area contributed by atoms with Gasteiger partial charge in [0, 0.05) is 6.72 Å². The Morgan fingerprint density at radius 3 is 2.47 bits per heavy atom. The molecule has 0 fully saturated rings. The Kier molecular flexibility index (Phi) is 3.80. The van der Waals surface area contributed by atoms with Crippen molar-refractivity contribution in [1.82, 2.24) is 5.01 Å². The Morgan fingerprint density at radius 1 is 1.40 bits per heavy atom. The van der Waals surface area contributed by atoms with Crippen LogP contribution in [0, 0.1) is 5.82 Å². The summed E-state index contributed by atoms with van der Waals surface area (Å²) >= 11 is 0. The summed E-state index contributed by atoms with van der Waals surface area (Å²) in [5.74, 6) is -0.251. The third-order valence-corrected chi connectivity index (χ3v) is 1.98. The molecule has 1 rings (SSSR count). The minimum Gasteiger partial charge on any atom is -0.262 e. The highest BCUT2D eigenvalue weighted by atomic mass is 19.1. The van der Waals surface area contributed by atoms with Gasteiger partial charge in [-0.15, -0.1) is 0 Å². The Morgan fingerprint density at radius 2 is 2.00 bits per heavy atom. The van der Waals surface area contributed by atoms with Crippen LogP contribution in [0.1, 0.15) is 5.56 Å². The summed E-state index contributed by atoms with van der Waals surface area (Å²) < 4.78 is 12.6. The van der Waals surface area contributed by atoms with E-state index in [9.17, 15) is 4.39 Å². The zero-order valence-electron chi connectivity index (χ0n) is 8.49. The average molecular weight is 204 g/mol. The number of benzene rings is 1. The topological polar surface area (TPSA) is 15.6 Å². The predicted octanol–water partition coefficient (Wildman–Crippen LogP) is 2.94. The fraction of sp³-hybridized carbons (Fsp3) is 0.0833. The first kappa shape index (κ1) is 11.2. The Hall–Kier alpha value is -1.90. The molecule has 0 aliphatic carbocycles. The molecule has 15 heavy (non-hydrogen) atoms. The molecule has 0 radical (unpaired) electrons. The van der Waals surface area contributed by atoms with E-state index in [1.54, 1.807) is 23.2 Å². The maximum atomic E-state index is 12.6. The molecule has 3 heteroatoms. The molecule has 0 saturated carbocycles. The predicted molar refractivity (Wildman–Crippen MR) is 60.8 cm³/mol. The van der Waals surface area contributed by atoms with E-state index in [0.29, 0.717) is 12.2 Å². The molecule has 0 N–H and O–H groups in total. The van der Waals surface area contributed by atoms with Gasteiger partial charge in [-0.05, 0) is 23.8 Å². The molecule has 1 aromatic rings. The zero-order chi connectivity index (χ0) is 11.3. The summed E-state index contributed by atoms with van der Waals surface area (Å²) in [7, 11) is 0. The van der Waals surface area contributed by atoms with Crippen LogP contribution in [-0.4, -0.2) is 11.7 Å². The van der Waals surface area contributed by atoms with E-state index in [0.717, 1.165) is 5.56 Å². The largest absolute Gasteiger partial charge is 0.262 e. The van der Waals surface area contributed by atoms with Gasteiger partial charge in [0.05, 0.1) is 12.2 Å². The lowest BCUT2D eigenvalue weighted by atomic mass is 10.2. The first-order valence-electron chi connectivity index (χ1n) is 4.47. The number of hydrazone groups is 1. The zero-order valence-corrected chi connectivity index (χ0v) is 8.49. The van der Waals surface area contributed by atoms with Crippen LogP contribution >= 0.6 is 0 Å². The molecule has 0 aromatic heterocycles. The number of allylic oxidation sites excluding steroid dienone is 1. The molecular formula is C12H13FN2. The molecule has 0 spiro atoms. The van der Waals surface area contributed by atoms with Gasteiger partial charge in [-0.1, -0.05) is 25.3 Å². The molecule has 0 aliphatic rings. The Bertz CT molecular complexity index is 368. The van der Waals surface area contributed by atoms with Gasteiger partial charge in [0.1, 0.15) is 5.82 Å². The number of hydrogen-bond donors (Lipinski definition) is 0. The molecule has 1 aromatic carbocycles. The van der Waals surface area contributed by atoms with Crippen molar-refractivity contribution in [2.45, 2.75) is 6.54 Å². The van der Waals surface area contributed by atoms with E-state index < -0.39 is 0 Å². The second-order valence-electron chi connectivity index (χ2n) is 3.02. The van der Waals surface area contributed by atoms with Crippen molar-refractivity contribution in [2.24, 2.45) is 5.10 Å². The lowest BCUT2D eigenvalue weighted by Crippen LogP contribution is -2.13. The highest BCUT2D eigenvalue weighted by Crippen LogP contribution is 2.11.